The number of carbonyl (C=O) groups is 1. The van der Waals surface area contributed by atoms with Crippen LogP contribution in [0.2, 0.25) is 0 Å². The first-order valence-corrected chi connectivity index (χ1v) is 5.36. The summed E-state index contributed by atoms with van der Waals surface area (Å²) in [6.45, 7) is 3.59. The van der Waals surface area contributed by atoms with Gasteiger partial charge in [0.15, 0.2) is 0 Å². The number of hydrogen-bond donors (Lipinski definition) is 1. The third kappa shape index (κ3) is 1.75. The summed E-state index contributed by atoms with van der Waals surface area (Å²) in [7, 11) is 1.38. The molecule has 0 saturated heterocycles. The molecule has 0 unspecified atom stereocenters. The van der Waals surface area contributed by atoms with Gasteiger partial charge in [0.05, 0.1) is 7.11 Å². The summed E-state index contributed by atoms with van der Waals surface area (Å²) < 4.78 is 6.64. The van der Waals surface area contributed by atoms with Gasteiger partial charge in [0.1, 0.15) is 11.3 Å². The van der Waals surface area contributed by atoms with Gasteiger partial charge in [0.2, 0.25) is 0 Å². The first kappa shape index (κ1) is 11.5. The number of aromatic hydroxyl groups is 1. The van der Waals surface area contributed by atoms with E-state index in [9.17, 15) is 9.90 Å². The molecule has 1 aromatic carbocycles. The first-order chi connectivity index (χ1) is 7.96. The molecule has 17 heavy (non-hydrogen) atoms. The molecule has 1 N–H and O–H groups in total. The quantitative estimate of drug-likeness (QED) is 0.809. The van der Waals surface area contributed by atoms with Gasteiger partial charge >= 0.3 is 5.97 Å². The van der Waals surface area contributed by atoms with Crippen molar-refractivity contribution in [3.05, 3.63) is 30.5 Å². The van der Waals surface area contributed by atoms with Crippen LogP contribution in [0, 0.1) is 0 Å². The number of rotatable bonds is 2. The van der Waals surface area contributed by atoms with E-state index in [4.69, 9.17) is 4.74 Å². The van der Waals surface area contributed by atoms with Crippen molar-refractivity contribution in [1.29, 1.82) is 0 Å². The number of ether oxygens (including phenoxy) is 1. The van der Waals surface area contributed by atoms with Crippen LogP contribution in [-0.4, -0.2) is 22.8 Å². The lowest BCUT2D eigenvalue weighted by atomic mass is 10.1. The van der Waals surface area contributed by atoms with Crippen LogP contribution < -0.4 is 0 Å². The summed E-state index contributed by atoms with van der Waals surface area (Å²) >= 11 is 0. The average molecular weight is 233 g/mol. The Morgan fingerprint density at radius 1 is 1.35 bits per heavy atom. The Hall–Kier alpha value is -1.97. The Kier molecular flexibility index (Phi) is 2.58. The zero-order valence-electron chi connectivity index (χ0n) is 10.1. The maximum Gasteiger partial charge on any atom is 0.331 e. The Balaban J connectivity index is 2.60. The fourth-order valence-electron chi connectivity index (χ4n) is 1.97. The van der Waals surface area contributed by atoms with Gasteiger partial charge in [-0.25, -0.2) is 4.79 Å². The van der Waals surface area contributed by atoms with Crippen molar-refractivity contribution in [3.63, 3.8) is 0 Å². The maximum absolute atomic E-state index is 11.8. The molecule has 0 amide bonds. The van der Waals surface area contributed by atoms with E-state index < -0.39 is 5.54 Å². The van der Waals surface area contributed by atoms with Crippen LogP contribution in [0.15, 0.2) is 30.5 Å². The molecule has 0 bridgehead atoms. The minimum atomic E-state index is -0.770. The lowest BCUT2D eigenvalue weighted by Gasteiger charge is -2.24. The van der Waals surface area contributed by atoms with Gasteiger partial charge in [0, 0.05) is 17.1 Å². The normalized spacial score (nSPS) is 11.7. The van der Waals surface area contributed by atoms with E-state index in [1.54, 1.807) is 32.0 Å². The molecule has 0 spiro atoms. The number of esters is 1. The fraction of sp³-hybridized carbons (Fsp3) is 0.308. The lowest BCUT2D eigenvalue weighted by Crippen LogP contribution is -2.36. The molecule has 0 saturated carbocycles. The van der Waals surface area contributed by atoms with Crippen molar-refractivity contribution in [1.82, 2.24) is 4.57 Å². The summed E-state index contributed by atoms with van der Waals surface area (Å²) in [5.41, 5.74) is 0.117. The molecular weight excluding hydrogens is 218 g/mol. The zero-order valence-corrected chi connectivity index (χ0v) is 10.1. The van der Waals surface area contributed by atoms with Gasteiger partial charge in [-0.15, -0.1) is 0 Å². The second kappa shape index (κ2) is 3.80. The van der Waals surface area contributed by atoms with Crippen molar-refractivity contribution in [3.8, 4) is 5.75 Å². The number of aromatic nitrogens is 1. The molecule has 1 aromatic heterocycles. The highest BCUT2D eigenvalue weighted by Crippen LogP contribution is 2.27. The van der Waals surface area contributed by atoms with E-state index in [0.717, 1.165) is 10.9 Å². The monoisotopic (exact) mass is 233 g/mol. The maximum atomic E-state index is 11.8. The highest BCUT2D eigenvalue weighted by atomic mass is 16.5. The number of hydrogen-bond acceptors (Lipinski definition) is 3. The Morgan fingerprint density at radius 3 is 2.71 bits per heavy atom. The number of phenols is 1. The first-order valence-electron chi connectivity index (χ1n) is 5.36. The second-order valence-corrected chi connectivity index (χ2v) is 4.48. The average Bonchev–Trinajstić information content (AvgIpc) is 2.71. The van der Waals surface area contributed by atoms with Crippen LogP contribution in [0.25, 0.3) is 10.9 Å². The van der Waals surface area contributed by atoms with Gasteiger partial charge in [-0.3, -0.25) is 0 Å². The Bertz CT molecular complexity index is 569. The number of benzene rings is 1. The molecular formula is C13H15NO3. The Labute approximate surface area is 99.4 Å². The van der Waals surface area contributed by atoms with E-state index >= 15 is 0 Å². The van der Waals surface area contributed by atoms with Crippen molar-refractivity contribution >= 4 is 16.9 Å². The number of carbonyl (C=O) groups excluding carboxylic acids is 1. The molecule has 2 aromatic rings. The van der Waals surface area contributed by atoms with Crippen LogP contribution in [0.4, 0.5) is 0 Å². The third-order valence-electron chi connectivity index (χ3n) is 2.96. The lowest BCUT2D eigenvalue weighted by molar-refractivity contribution is -0.149. The van der Waals surface area contributed by atoms with E-state index in [1.165, 1.54) is 7.11 Å². The molecule has 0 fully saturated rings. The molecule has 0 radical (unpaired) electrons. The molecule has 4 heteroatoms. The predicted molar refractivity (Wildman–Crippen MR) is 64.9 cm³/mol. The molecule has 2 rings (SSSR count). The van der Waals surface area contributed by atoms with Gasteiger partial charge in [-0.05, 0) is 38.1 Å². The van der Waals surface area contributed by atoms with Crippen LogP contribution in [0.1, 0.15) is 13.8 Å². The number of fused-ring (bicyclic) bond motifs is 1. The van der Waals surface area contributed by atoms with E-state index in [0.29, 0.717) is 0 Å². The predicted octanol–water partition coefficient (Wildman–Crippen LogP) is 2.25. The van der Waals surface area contributed by atoms with Crippen LogP contribution in [0.5, 0.6) is 5.75 Å². The van der Waals surface area contributed by atoms with Gasteiger partial charge in [0.25, 0.3) is 0 Å². The highest BCUT2D eigenvalue weighted by Gasteiger charge is 2.31. The minimum Gasteiger partial charge on any atom is -0.508 e. The van der Waals surface area contributed by atoms with Gasteiger partial charge < -0.3 is 14.4 Å². The van der Waals surface area contributed by atoms with Crippen LogP contribution in [-0.2, 0) is 15.1 Å². The van der Waals surface area contributed by atoms with Crippen molar-refractivity contribution < 1.29 is 14.6 Å². The number of nitrogens with zero attached hydrogens (tertiary/aromatic N) is 1. The SMILES string of the molecule is COC(=O)C(C)(C)n1ccc2cc(O)ccc21. The summed E-state index contributed by atoms with van der Waals surface area (Å²) in [6, 6.07) is 6.92. The van der Waals surface area contributed by atoms with Crippen LogP contribution >= 0.6 is 0 Å². The number of methoxy groups -OCH3 is 1. The summed E-state index contributed by atoms with van der Waals surface area (Å²) in [5.74, 6) is -0.0887. The van der Waals surface area contributed by atoms with E-state index in [2.05, 4.69) is 0 Å². The van der Waals surface area contributed by atoms with Gasteiger partial charge in [-0.1, -0.05) is 0 Å². The highest BCUT2D eigenvalue weighted by molar-refractivity contribution is 5.86. The van der Waals surface area contributed by atoms with Gasteiger partial charge in [-0.2, -0.15) is 0 Å². The summed E-state index contributed by atoms with van der Waals surface area (Å²) in [6.07, 6.45) is 1.82. The van der Waals surface area contributed by atoms with Crippen LogP contribution in [0.3, 0.4) is 0 Å². The molecule has 90 valence electrons. The molecule has 0 aliphatic rings. The largest absolute Gasteiger partial charge is 0.508 e. The molecule has 0 aliphatic heterocycles. The van der Waals surface area contributed by atoms with Crippen molar-refractivity contribution in [2.45, 2.75) is 19.4 Å². The summed E-state index contributed by atoms with van der Waals surface area (Å²) in [5, 5.41) is 10.3. The Morgan fingerprint density at radius 2 is 2.06 bits per heavy atom. The molecule has 4 nitrogen and oxygen atoms in total. The van der Waals surface area contributed by atoms with E-state index in [1.807, 2.05) is 16.8 Å². The zero-order chi connectivity index (χ0) is 12.6. The smallest absolute Gasteiger partial charge is 0.331 e. The van der Waals surface area contributed by atoms with Crippen molar-refractivity contribution in [2.24, 2.45) is 0 Å². The molecule has 0 aliphatic carbocycles. The topological polar surface area (TPSA) is 51.5 Å². The van der Waals surface area contributed by atoms with Crippen molar-refractivity contribution in [2.75, 3.05) is 7.11 Å². The molecule has 0 atom stereocenters. The third-order valence-corrected chi connectivity index (χ3v) is 2.96. The number of phenolic OH excluding ortho intramolecular Hbond substituents is 1. The minimum absolute atomic E-state index is 0.214. The summed E-state index contributed by atoms with van der Waals surface area (Å²) in [4.78, 5) is 11.8. The van der Waals surface area contributed by atoms with E-state index in [-0.39, 0.29) is 11.7 Å². The molecule has 1 heterocycles. The second-order valence-electron chi connectivity index (χ2n) is 4.48. The standard InChI is InChI=1S/C13H15NO3/c1-13(2,12(16)17-3)14-7-6-9-8-10(15)4-5-11(9)14/h4-8,15H,1-3H3. The fourth-order valence-corrected chi connectivity index (χ4v) is 1.97.